The molecule has 0 aliphatic carbocycles. The second kappa shape index (κ2) is 7.68. The molecule has 1 atom stereocenters. The maximum absolute atomic E-state index is 13.1. The van der Waals surface area contributed by atoms with E-state index < -0.39 is 25.5 Å². The molecule has 25 heavy (non-hydrogen) atoms. The van der Waals surface area contributed by atoms with E-state index in [0.717, 1.165) is 11.6 Å². The van der Waals surface area contributed by atoms with Gasteiger partial charge in [0.15, 0.2) is 4.90 Å². The van der Waals surface area contributed by atoms with Crippen molar-refractivity contribution in [2.75, 3.05) is 20.6 Å². The molecule has 0 aliphatic rings. The average molecular weight is 367 g/mol. The summed E-state index contributed by atoms with van der Waals surface area (Å²) in [5, 5.41) is 11.0. The Hall–Kier alpha value is -2.36. The zero-order valence-corrected chi connectivity index (χ0v) is 14.5. The molecule has 0 fully saturated rings. The van der Waals surface area contributed by atoms with Crippen LogP contribution >= 0.6 is 0 Å². The predicted molar refractivity (Wildman–Crippen MR) is 91.1 cm³/mol. The van der Waals surface area contributed by atoms with E-state index in [4.69, 9.17) is 0 Å². The summed E-state index contributed by atoms with van der Waals surface area (Å²) in [4.78, 5) is 11.7. The second-order valence-electron chi connectivity index (χ2n) is 5.61. The summed E-state index contributed by atoms with van der Waals surface area (Å²) in [6.07, 6.45) is 0. The largest absolute Gasteiger partial charge is 0.301 e. The van der Waals surface area contributed by atoms with Crippen molar-refractivity contribution in [2.45, 2.75) is 10.9 Å². The van der Waals surface area contributed by atoms with Gasteiger partial charge in [-0.15, -0.1) is 0 Å². The van der Waals surface area contributed by atoms with Crippen LogP contribution in [0.5, 0.6) is 0 Å². The van der Waals surface area contributed by atoms with Crippen LogP contribution in [0, 0.1) is 15.9 Å². The van der Waals surface area contributed by atoms with Crippen molar-refractivity contribution in [3.63, 3.8) is 0 Å². The van der Waals surface area contributed by atoms with Crippen LogP contribution in [0.25, 0.3) is 0 Å². The number of sulfonamides is 1. The van der Waals surface area contributed by atoms with Gasteiger partial charge in [0.05, 0.1) is 4.92 Å². The van der Waals surface area contributed by atoms with Gasteiger partial charge in [-0.3, -0.25) is 10.1 Å². The van der Waals surface area contributed by atoms with Crippen LogP contribution in [-0.2, 0) is 10.0 Å². The molecule has 1 N–H and O–H groups in total. The molecule has 134 valence electrons. The number of benzene rings is 2. The molecule has 0 spiro atoms. The van der Waals surface area contributed by atoms with Crippen molar-refractivity contribution in [2.24, 2.45) is 0 Å². The third kappa shape index (κ3) is 4.59. The SMILES string of the molecule is CN(C)[C@@H](CNS(=O)(=O)c1ccccc1[N+](=O)[O-])c1ccc(F)cc1. The van der Waals surface area contributed by atoms with Crippen molar-refractivity contribution >= 4 is 15.7 Å². The number of nitro groups is 1. The molecule has 0 saturated heterocycles. The van der Waals surface area contributed by atoms with E-state index in [2.05, 4.69) is 4.72 Å². The zero-order valence-electron chi connectivity index (χ0n) is 13.7. The molecule has 0 unspecified atom stereocenters. The van der Waals surface area contributed by atoms with Crippen molar-refractivity contribution in [1.29, 1.82) is 0 Å². The molecule has 0 aliphatic heterocycles. The van der Waals surface area contributed by atoms with Crippen LogP contribution in [-0.4, -0.2) is 38.9 Å². The molecule has 0 heterocycles. The van der Waals surface area contributed by atoms with Crippen LogP contribution < -0.4 is 4.72 Å². The molecule has 0 saturated carbocycles. The first kappa shape index (κ1) is 19.0. The van der Waals surface area contributed by atoms with Crippen LogP contribution in [0.15, 0.2) is 53.4 Å². The fourth-order valence-corrected chi connectivity index (χ4v) is 3.59. The Kier molecular flexibility index (Phi) is 5.83. The Balaban J connectivity index is 2.25. The highest BCUT2D eigenvalue weighted by molar-refractivity contribution is 7.89. The van der Waals surface area contributed by atoms with Gasteiger partial charge in [0.1, 0.15) is 5.82 Å². The van der Waals surface area contributed by atoms with Gasteiger partial charge >= 0.3 is 0 Å². The number of nitrogens with one attached hydrogen (secondary N) is 1. The molecule has 9 heteroatoms. The standard InChI is InChI=1S/C16H18FN3O4S/c1-19(2)15(12-7-9-13(17)10-8-12)11-18-25(23,24)16-6-4-3-5-14(16)20(21)22/h3-10,15,18H,11H2,1-2H3/t15-/m0/s1. The number of halogens is 1. The molecule has 2 aromatic rings. The van der Waals surface area contributed by atoms with Crippen molar-refractivity contribution in [3.8, 4) is 0 Å². The summed E-state index contributed by atoms with van der Waals surface area (Å²) >= 11 is 0. The van der Waals surface area contributed by atoms with E-state index in [9.17, 15) is 22.9 Å². The summed E-state index contributed by atoms with van der Waals surface area (Å²) in [5.41, 5.74) is 0.231. The summed E-state index contributed by atoms with van der Waals surface area (Å²) in [5.74, 6) is -0.387. The number of para-hydroxylation sites is 1. The Morgan fingerprint density at radius 1 is 1.16 bits per heavy atom. The van der Waals surface area contributed by atoms with Crippen LogP contribution in [0.2, 0.25) is 0 Å². The Morgan fingerprint density at radius 2 is 1.76 bits per heavy atom. The topological polar surface area (TPSA) is 92.6 Å². The molecule has 0 bridgehead atoms. The Bertz CT molecular complexity index is 854. The second-order valence-corrected chi connectivity index (χ2v) is 7.34. The Morgan fingerprint density at radius 3 is 2.32 bits per heavy atom. The summed E-state index contributed by atoms with van der Waals surface area (Å²) < 4.78 is 40.4. The first-order valence-electron chi connectivity index (χ1n) is 7.37. The van der Waals surface area contributed by atoms with Gasteiger partial charge in [-0.25, -0.2) is 17.5 Å². The van der Waals surface area contributed by atoms with E-state index in [0.29, 0.717) is 0 Å². The van der Waals surface area contributed by atoms with Crippen LogP contribution in [0.1, 0.15) is 11.6 Å². The number of rotatable bonds is 7. The molecule has 0 radical (unpaired) electrons. The fraction of sp³-hybridized carbons (Fsp3) is 0.250. The number of hydrogen-bond acceptors (Lipinski definition) is 5. The first-order chi connectivity index (χ1) is 11.7. The van der Waals surface area contributed by atoms with Crippen LogP contribution in [0.3, 0.4) is 0 Å². The highest BCUT2D eigenvalue weighted by atomic mass is 32.2. The number of likely N-dealkylation sites (N-methyl/N-ethyl adjacent to an activating group) is 1. The van der Waals surface area contributed by atoms with E-state index in [1.54, 1.807) is 31.1 Å². The third-order valence-corrected chi connectivity index (χ3v) is 5.17. The van der Waals surface area contributed by atoms with Crippen molar-refractivity contribution < 1.29 is 17.7 Å². The van der Waals surface area contributed by atoms with Gasteiger partial charge in [-0.05, 0) is 37.9 Å². The monoisotopic (exact) mass is 367 g/mol. The Labute approximate surface area is 145 Å². The normalized spacial score (nSPS) is 13.0. The van der Waals surface area contributed by atoms with E-state index in [1.807, 2.05) is 0 Å². The van der Waals surface area contributed by atoms with E-state index in [1.165, 1.54) is 30.3 Å². The highest BCUT2D eigenvalue weighted by Gasteiger charge is 2.26. The lowest BCUT2D eigenvalue weighted by Gasteiger charge is -2.25. The quantitative estimate of drug-likeness (QED) is 0.599. The number of nitrogens with zero attached hydrogens (tertiary/aromatic N) is 2. The van der Waals surface area contributed by atoms with Gasteiger partial charge < -0.3 is 4.90 Å². The highest BCUT2D eigenvalue weighted by Crippen LogP contribution is 2.24. The number of nitro benzene ring substituents is 1. The van der Waals surface area contributed by atoms with Gasteiger partial charge in [-0.2, -0.15) is 0 Å². The maximum atomic E-state index is 13.1. The fourth-order valence-electron chi connectivity index (χ4n) is 2.39. The zero-order chi connectivity index (χ0) is 18.6. The minimum Gasteiger partial charge on any atom is -0.301 e. The molecular formula is C16H18FN3O4S. The van der Waals surface area contributed by atoms with Gasteiger partial charge in [0.2, 0.25) is 10.0 Å². The molecule has 2 aromatic carbocycles. The van der Waals surface area contributed by atoms with Gasteiger partial charge in [-0.1, -0.05) is 24.3 Å². The summed E-state index contributed by atoms with van der Waals surface area (Å²) in [6.45, 7) is -0.0208. The van der Waals surface area contributed by atoms with E-state index in [-0.39, 0.29) is 18.4 Å². The molecule has 0 amide bonds. The molecular weight excluding hydrogens is 349 g/mol. The minimum atomic E-state index is -4.07. The average Bonchev–Trinajstić information content (AvgIpc) is 2.56. The van der Waals surface area contributed by atoms with Gasteiger partial charge in [0.25, 0.3) is 5.69 Å². The van der Waals surface area contributed by atoms with Crippen LogP contribution in [0.4, 0.5) is 10.1 Å². The number of hydrogen-bond donors (Lipinski definition) is 1. The summed E-state index contributed by atoms with van der Waals surface area (Å²) in [7, 11) is -0.559. The summed E-state index contributed by atoms with van der Waals surface area (Å²) in [6, 6.07) is 10.5. The lowest BCUT2D eigenvalue weighted by Crippen LogP contribution is -2.34. The smallest absolute Gasteiger partial charge is 0.289 e. The first-order valence-corrected chi connectivity index (χ1v) is 8.85. The van der Waals surface area contributed by atoms with Crippen molar-refractivity contribution in [1.82, 2.24) is 9.62 Å². The van der Waals surface area contributed by atoms with E-state index >= 15 is 0 Å². The third-order valence-electron chi connectivity index (χ3n) is 3.70. The van der Waals surface area contributed by atoms with Crippen molar-refractivity contribution in [3.05, 3.63) is 70.0 Å². The molecule has 7 nitrogen and oxygen atoms in total. The predicted octanol–water partition coefficient (Wildman–Crippen LogP) is 2.32. The lowest BCUT2D eigenvalue weighted by molar-refractivity contribution is -0.387. The maximum Gasteiger partial charge on any atom is 0.289 e. The molecule has 2 rings (SSSR count). The van der Waals surface area contributed by atoms with Gasteiger partial charge in [0, 0.05) is 18.7 Å². The lowest BCUT2D eigenvalue weighted by atomic mass is 10.1. The minimum absolute atomic E-state index is 0.0208. The molecule has 0 aromatic heterocycles.